The third kappa shape index (κ3) is 5.74. The molecule has 1 atom stereocenters. The van der Waals surface area contributed by atoms with E-state index in [1.165, 1.54) is 18.4 Å². The molecular weight excluding hydrogens is 375 g/mol. The molecule has 1 unspecified atom stereocenters. The smallest absolute Gasteiger partial charge is 0.181 e. The average Bonchev–Trinajstić information content (AvgIpc) is 3.00. The summed E-state index contributed by atoms with van der Waals surface area (Å²) in [5, 5.41) is 16.6. The Labute approximate surface area is 148 Å². The molecule has 1 aromatic carbocycles. The van der Waals surface area contributed by atoms with E-state index in [1.807, 2.05) is 5.48 Å². The molecule has 0 amide bonds. The van der Waals surface area contributed by atoms with Crippen LogP contribution in [0.1, 0.15) is 17.8 Å². The molecular formula is C13H16ClFN6O3S. The molecule has 4 N–H and O–H groups in total. The molecule has 0 saturated carbocycles. The van der Waals surface area contributed by atoms with E-state index in [4.69, 9.17) is 16.4 Å². The summed E-state index contributed by atoms with van der Waals surface area (Å²) in [4.78, 5) is 4.10. The molecule has 136 valence electrons. The van der Waals surface area contributed by atoms with Crippen molar-refractivity contribution in [3.8, 4) is 0 Å². The quantitative estimate of drug-likeness (QED) is 0.247. The fourth-order valence-corrected chi connectivity index (χ4v) is 2.60. The minimum Gasteiger partial charge on any atom is -0.290 e. The summed E-state index contributed by atoms with van der Waals surface area (Å²) in [6, 6.07) is 3.81. The molecule has 0 spiro atoms. The maximum atomic E-state index is 13.2. The molecule has 1 aromatic heterocycles. The molecule has 9 nitrogen and oxygen atoms in total. The highest BCUT2D eigenvalue weighted by molar-refractivity contribution is 7.89. The lowest BCUT2D eigenvalue weighted by Crippen LogP contribution is -2.24. The van der Waals surface area contributed by atoms with Crippen LogP contribution < -0.4 is 10.2 Å². The number of nitrogens with one attached hydrogen (secondary N) is 3. The molecule has 0 saturated heterocycles. The van der Waals surface area contributed by atoms with Crippen LogP contribution in [0.4, 0.5) is 10.1 Å². The number of hydrogen-bond donors (Lipinski definition) is 4. The summed E-state index contributed by atoms with van der Waals surface area (Å²) < 4.78 is 38.9. The summed E-state index contributed by atoms with van der Waals surface area (Å²) >= 11 is 5.70. The van der Waals surface area contributed by atoms with Gasteiger partial charge in [-0.15, -0.1) is 0 Å². The summed E-state index contributed by atoms with van der Waals surface area (Å²) in [5.74, 6) is -0.635. The maximum Gasteiger partial charge on any atom is 0.181 e. The summed E-state index contributed by atoms with van der Waals surface area (Å²) in [6.07, 6.45) is 2.17. The number of benzene rings is 1. The van der Waals surface area contributed by atoms with Crippen molar-refractivity contribution in [3.05, 3.63) is 40.4 Å². The average molecular weight is 391 g/mol. The van der Waals surface area contributed by atoms with Crippen LogP contribution in [0.2, 0.25) is 5.02 Å². The Bertz CT molecular complexity index is 870. The molecule has 12 heteroatoms. The standard InChI is InChI=1S/C13H16ClFN6O3S/c1-25(16,23)17-6-2-3-11-12(21-24-20-11)13(19-22)18-8-4-5-10(15)9(14)7-8/h4-5,7,22H,2-3,6H2,1H3,(H,18,19)(H2,16,17,23). The largest absolute Gasteiger partial charge is 0.290 e. The van der Waals surface area contributed by atoms with Gasteiger partial charge in [0.05, 0.1) is 10.7 Å². The topological polar surface area (TPSA) is 136 Å². The molecule has 0 aliphatic rings. The monoisotopic (exact) mass is 390 g/mol. The number of nitrogens with zero attached hydrogens (tertiary/aromatic N) is 3. The minimum atomic E-state index is -2.77. The van der Waals surface area contributed by atoms with Gasteiger partial charge in [-0.05, 0) is 36.2 Å². The Kier molecular flexibility index (Phi) is 6.42. The van der Waals surface area contributed by atoms with Gasteiger partial charge in [0, 0.05) is 12.8 Å². The summed E-state index contributed by atoms with van der Waals surface area (Å²) in [6.45, 7) is 0.331. The van der Waals surface area contributed by atoms with Crippen molar-refractivity contribution in [3.63, 3.8) is 0 Å². The summed E-state index contributed by atoms with van der Waals surface area (Å²) in [5.41, 5.74) is 2.77. The lowest BCUT2D eigenvalue weighted by atomic mass is 10.2. The Morgan fingerprint density at radius 1 is 1.52 bits per heavy atom. The lowest BCUT2D eigenvalue weighted by molar-refractivity contribution is 0.234. The van der Waals surface area contributed by atoms with Gasteiger partial charge in [-0.1, -0.05) is 16.8 Å². The zero-order valence-electron chi connectivity index (χ0n) is 13.1. The first-order valence-electron chi connectivity index (χ1n) is 7.04. The van der Waals surface area contributed by atoms with Gasteiger partial charge in [-0.3, -0.25) is 10.7 Å². The van der Waals surface area contributed by atoms with Gasteiger partial charge in [0.25, 0.3) is 0 Å². The Morgan fingerprint density at radius 2 is 2.28 bits per heavy atom. The zero-order chi connectivity index (χ0) is 18.4. The fraction of sp³-hybridized carbons (Fsp3) is 0.308. The van der Waals surface area contributed by atoms with Gasteiger partial charge in [-0.25, -0.2) is 27.7 Å². The number of hydrogen-bond acceptors (Lipinski definition) is 7. The van der Waals surface area contributed by atoms with Crippen molar-refractivity contribution in [1.82, 2.24) is 20.5 Å². The van der Waals surface area contributed by atoms with Crippen LogP contribution >= 0.6 is 11.6 Å². The second-order valence-electron chi connectivity index (χ2n) is 5.07. The fourth-order valence-electron chi connectivity index (χ4n) is 1.89. The third-order valence-electron chi connectivity index (χ3n) is 3.00. The van der Waals surface area contributed by atoms with Crippen molar-refractivity contribution in [1.29, 1.82) is 4.78 Å². The van der Waals surface area contributed by atoms with Gasteiger partial charge in [0.15, 0.2) is 11.5 Å². The molecule has 0 aliphatic carbocycles. The molecule has 0 fully saturated rings. The van der Waals surface area contributed by atoms with Crippen molar-refractivity contribution in [2.75, 3.05) is 12.8 Å². The zero-order valence-corrected chi connectivity index (χ0v) is 14.7. The molecule has 0 aliphatic heterocycles. The highest BCUT2D eigenvalue weighted by Crippen LogP contribution is 2.22. The second kappa shape index (κ2) is 8.34. The van der Waals surface area contributed by atoms with E-state index >= 15 is 0 Å². The third-order valence-corrected chi connectivity index (χ3v) is 4.04. The van der Waals surface area contributed by atoms with Gasteiger partial charge in [0.2, 0.25) is 0 Å². The molecule has 0 radical (unpaired) electrons. The Morgan fingerprint density at radius 3 is 2.92 bits per heavy atom. The second-order valence-corrected chi connectivity index (χ2v) is 7.45. The van der Waals surface area contributed by atoms with E-state index in [0.29, 0.717) is 30.8 Å². The molecule has 2 aromatic rings. The minimum absolute atomic E-state index is 0.0494. The highest BCUT2D eigenvalue weighted by Gasteiger charge is 2.16. The van der Waals surface area contributed by atoms with Gasteiger partial charge in [0.1, 0.15) is 21.4 Å². The van der Waals surface area contributed by atoms with Crippen LogP contribution in [0.25, 0.3) is 0 Å². The van der Waals surface area contributed by atoms with E-state index in [1.54, 1.807) is 0 Å². The van der Waals surface area contributed by atoms with E-state index in [-0.39, 0.29) is 16.6 Å². The first-order chi connectivity index (χ1) is 11.8. The van der Waals surface area contributed by atoms with Gasteiger partial charge < -0.3 is 0 Å². The van der Waals surface area contributed by atoms with Crippen LogP contribution in [-0.4, -0.2) is 38.4 Å². The van der Waals surface area contributed by atoms with Gasteiger partial charge >= 0.3 is 0 Å². The maximum absolute atomic E-state index is 13.2. The lowest BCUT2D eigenvalue weighted by Gasteiger charge is -2.05. The first-order valence-corrected chi connectivity index (χ1v) is 9.38. The number of aryl methyl sites for hydroxylation is 1. The number of aromatic nitrogens is 2. The van der Waals surface area contributed by atoms with Crippen LogP contribution in [0.5, 0.6) is 0 Å². The SMILES string of the molecule is CS(=N)(=O)NCCCc1nonc1C(=Nc1ccc(F)c(Cl)c1)NO. The molecule has 1 heterocycles. The van der Waals surface area contributed by atoms with Crippen molar-refractivity contribution in [2.24, 2.45) is 4.99 Å². The molecule has 2 rings (SSSR count). The van der Waals surface area contributed by atoms with Crippen LogP contribution in [0, 0.1) is 10.6 Å². The number of halogens is 2. The van der Waals surface area contributed by atoms with Crippen molar-refractivity contribution < 1.29 is 18.4 Å². The van der Waals surface area contributed by atoms with E-state index in [0.717, 1.165) is 6.07 Å². The summed E-state index contributed by atoms with van der Waals surface area (Å²) in [7, 11) is -2.77. The number of amidine groups is 1. The predicted octanol–water partition coefficient (Wildman–Crippen LogP) is 2.03. The van der Waals surface area contributed by atoms with Crippen molar-refractivity contribution >= 4 is 33.0 Å². The Hall–Kier alpha value is -2.08. The van der Waals surface area contributed by atoms with Crippen LogP contribution in [-0.2, 0) is 16.3 Å². The van der Waals surface area contributed by atoms with Crippen molar-refractivity contribution in [2.45, 2.75) is 12.8 Å². The normalized spacial score (nSPS) is 14.3. The van der Waals surface area contributed by atoms with E-state index < -0.39 is 15.7 Å². The number of hydroxylamine groups is 1. The van der Waals surface area contributed by atoms with Crippen LogP contribution in [0.3, 0.4) is 0 Å². The highest BCUT2D eigenvalue weighted by atomic mass is 35.5. The van der Waals surface area contributed by atoms with E-state index in [2.05, 4.69) is 24.7 Å². The van der Waals surface area contributed by atoms with Crippen LogP contribution in [0.15, 0.2) is 27.8 Å². The van der Waals surface area contributed by atoms with E-state index in [9.17, 15) is 13.8 Å². The number of rotatable bonds is 7. The number of aliphatic imine (C=N–C) groups is 1. The Balaban J connectivity index is 2.14. The first kappa shape index (κ1) is 19.2. The molecule has 0 bridgehead atoms. The van der Waals surface area contributed by atoms with Gasteiger partial charge in [-0.2, -0.15) is 0 Å². The predicted molar refractivity (Wildman–Crippen MR) is 89.9 cm³/mol. The molecule has 25 heavy (non-hydrogen) atoms.